The van der Waals surface area contributed by atoms with Crippen LogP contribution in [-0.2, 0) is 0 Å². The number of anilines is 1. The van der Waals surface area contributed by atoms with Crippen LogP contribution in [0.5, 0.6) is 0 Å². The molecule has 0 fully saturated rings. The number of rotatable bonds is 4. The van der Waals surface area contributed by atoms with E-state index < -0.39 is 0 Å². The summed E-state index contributed by atoms with van der Waals surface area (Å²) in [6.45, 7) is 4.50. The van der Waals surface area contributed by atoms with E-state index in [2.05, 4.69) is 44.4 Å². The van der Waals surface area contributed by atoms with Crippen molar-refractivity contribution in [3.63, 3.8) is 0 Å². The molecule has 0 bridgehead atoms. The average Bonchev–Trinajstić information content (AvgIpc) is 2.16. The SMILES string of the molecule is CCN(CCN)c1ncncc1I. The zero-order valence-electron chi connectivity index (χ0n) is 7.57. The first-order valence-corrected chi connectivity index (χ1v) is 5.28. The van der Waals surface area contributed by atoms with E-state index in [4.69, 9.17) is 5.73 Å². The summed E-state index contributed by atoms with van der Waals surface area (Å²) in [6.07, 6.45) is 3.37. The van der Waals surface area contributed by atoms with Crippen molar-refractivity contribution in [1.29, 1.82) is 0 Å². The third kappa shape index (κ3) is 2.77. The molecule has 1 rings (SSSR count). The lowest BCUT2D eigenvalue weighted by molar-refractivity contribution is 0.796. The Bertz CT molecular complexity index is 266. The van der Waals surface area contributed by atoms with Gasteiger partial charge in [-0.15, -0.1) is 0 Å². The van der Waals surface area contributed by atoms with Crippen LogP contribution in [-0.4, -0.2) is 29.6 Å². The van der Waals surface area contributed by atoms with Gasteiger partial charge in [0.15, 0.2) is 0 Å². The van der Waals surface area contributed by atoms with Crippen molar-refractivity contribution in [2.75, 3.05) is 24.5 Å². The Morgan fingerprint density at radius 3 is 2.92 bits per heavy atom. The molecule has 0 aliphatic rings. The fourth-order valence-electron chi connectivity index (χ4n) is 1.11. The molecular weight excluding hydrogens is 279 g/mol. The molecule has 5 heteroatoms. The van der Waals surface area contributed by atoms with E-state index in [0.29, 0.717) is 6.54 Å². The molecule has 1 aromatic heterocycles. The lowest BCUT2D eigenvalue weighted by Gasteiger charge is -2.21. The first-order valence-electron chi connectivity index (χ1n) is 4.20. The smallest absolute Gasteiger partial charge is 0.145 e. The van der Waals surface area contributed by atoms with Crippen molar-refractivity contribution in [1.82, 2.24) is 9.97 Å². The summed E-state index contributed by atoms with van der Waals surface area (Å²) >= 11 is 2.23. The number of hydrogen-bond donors (Lipinski definition) is 1. The number of nitrogens with zero attached hydrogens (tertiary/aromatic N) is 3. The maximum Gasteiger partial charge on any atom is 0.145 e. The molecule has 13 heavy (non-hydrogen) atoms. The zero-order chi connectivity index (χ0) is 9.68. The quantitative estimate of drug-likeness (QED) is 0.837. The molecule has 0 saturated carbocycles. The minimum atomic E-state index is 0.647. The minimum Gasteiger partial charge on any atom is -0.355 e. The molecule has 1 aromatic rings. The van der Waals surface area contributed by atoms with Gasteiger partial charge in [-0.2, -0.15) is 0 Å². The lowest BCUT2D eigenvalue weighted by atomic mass is 10.4. The van der Waals surface area contributed by atoms with Crippen molar-refractivity contribution < 1.29 is 0 Å². The van der Waals surface area contributed by atoms with Gasteiger partial charge in [-0.3, -0.25) is 0 Å². The second kappa shape index (κ2) is 5.33. The summed E-state index contributed by atoms with van der Waals surface area (Å²) in [5.74, 6) is 0.976. The molecule has 0 radical (unpaired) electrons. The van der Waals surface area contributed by atoms with Crippen LogP contribution in [0.3, 0.4) is 0 Å². The number of halogens is 1. The first-order chi connectivity index (χ1) is 6.29. The highest BCUT2D eigenvalue weighted by molar-refractivity contribution is 14.1. The Labute approximate surface area is 91.7 Å². The molecule has 0 spiro atoms. The molecule has 0 amide bonds. The Hall–Kier alpha value is -0.430. The highest BCUT2D eigenvalue weighted by Gasteiger charge is 2.07. The Balaban J connectivity index is 2.84. The van der Waals surface area contributed by atoms with Crippen LogP contribution in [0.4, 0.5) is 5.82 Å². The molecule has 0 aliphatic heterocycles. The van der Waals surface area contributed by atoms with Crippen LogP contribution in [0.15, 0.2) is 12.5 Å². The predicted molar refractivity (Wildman–Crippen MR) is 61.7 cm³/mol. The number of hydrogen-bond acceptors (Lipinski definition) is 4. The van der Waals surface area contributed by atoms with Gasteiger partial charge in [-0.1, -0.05) is 0 Å². The van der Waals surface area contributed by atoms with Crippen LogP contribution in [0.25, 0.3) is 0 Å². The van der Waals surface area contributed by atoms with Gasteiger partial charge in [-0.05, 0) is 29.5 Å². The van der Waals surface area contributed by atoms with Crippen molar-refractivity contribution in [3.05, 3.63) is 16.1 Å². The highest BCUT2D eigenvalue weighted by Crippen LogP contribution is 2.16. The van der Waals surface area contributed by atoms with Crippen LogP contribution < -0.4 is 10.6 Å². The average molecular weight is 292 g/mol. The molecule has 0 saturated heterocycles. The van der Waals surface area contributed by atoms with Crippen molar-refractivity contribution in [2.45, 2.75) is 6.92 Å². The summed E-state index contributed by atoms with van der Waals surface area (Å²) in [6, 6.07) is 0. The minimum absolute atomic E-state index is 0.647. The number of likely N-dealkylation sites (N-methyl/N-ethyl adjacent to an activating group) is 1. The van der Waals surface area contributed by atoms with Gasteiger partial charge in [-0.25, -0.2) is 9.97 Å². The van der Waals surface area contributed by atoms with Gasteiger partial charge >= 0.3 is 0 Å². The van der Waals surface area contributed by atoms with Crippen LogP contribution in [0, 0.1) is 3.57 Å². The highest BCUT2D eigenvalue weighted by atomic mass is 127. The van der Waals surface area contributed by atoms with E-state index in [0.717, 1.165) is 22.5 Å². The number of nitrogens with two attached hydrogens (primary N) is 1. The monoisotopic (exact) mass is 292 g/mol. The van der Waals surface area contributed by atoms with Gasteiger partial charge in [0.2, 0.25) is 0 Å². The molecule has 4 nitrogen and oxygen atoms in total. The second-order valence-corrected chi connectivity index (χ2v) is 3.72. The van der Waals surface area contributed by atoms with E-state index >= 15 is 0 Å². The Morgan fingerprint density at radius 1 is 1.62 bits per heavy atom. The normalized spacial score (nSPS) is 10.1. The third-order valence-electron chi connectivity index (χ3n) is 1.73. The molecule has 0 aromatic carbocycles. The standard InChI is InChI=1S/C8H13IN4/c1-2-13(4-3-10)8-7(9)5-11-6-12-8/h5-6H,2-4,10H2,1H3. The molecule has 72 valence electrons. The van der Waals surface area contributed by atoms with Crippen LogP contribution in [0.2, 0.25) is 0 Å². The van der Waals surface area contributed by atoms with Crippen molar-refractivity contribution >= 4 is 28.4 Å². The van der Waals surface area contributed by atoms with E-state index in [1.807, 2.05) is 6.20 Å². The predicted octanol–water partition coefficient (Wildman–Crippen LogP) is 0.866. The summed E-state index contributed by atoms with van der Waals surface area (Å²) in [4.78, 5) is 10.3. The topological polar surface area (TPSA) is 55.0 Å². The van der Waals surface area contributed by atoms with Gasteiger partial charge in [0, 0.05) is 25.8 Å². The van der Waals surface area contributed by atoms with Gasteiger partial charge in [0.05, 0.1) is 3.57 Å². The molecule has 2 N–H and O–H groups in total. The van der Waals surface area contributed by atoms with E-state index in [9.17, 15) is 0 Å². The second-order valence-electron chi connectivity index (χ2n) is 2.56. The van der Waals surface area contributed by atoms with Crippen molar-refractivity contribution in [3.8, 4) is 0 Å². The van der Waals surface area contributed by atoms with Crippen LogP contribution in [0.1, 0.15) is 6.92 Å². The van der Waals surface area contributed by atoms with E-state index in [1.165, 1.54) is 0 Å². The molecular formula is C8H13IN4. The lowest BCUT2D eigenvalue weighted by Crippen LogP contribution is -2.30. The summed E-state index contributed by atoms with van der Waals surface area (Å²) in [5, 5.41) is 0. The molecule has 1 heterocycles. The van der Waals surface area contributed by atoms with E-state index in [1.54, 1.807) is 6.33 Å². The Kier molecular flexibility index (Phi) is 4.37. The largest absolute Gasteiger partial charge is 0.355 e. The van der Waals surface area contributed by atoms with Crippen molar-refractivity contribution in [2.24, 2.45) is 5.73 Å². The third-order valence-corrected chi connectivity index (χ3v) is 2.49. The zero-order valence-corrected chi connectivity index (χ0v) is 9.73. The first kappa shape index (κ1) is 10.6. The van der Waals surface area contributed by atoms with E-state index in [-0.39, 0.29) is 0 Å². The van der Waals surface area contributed by atoms with Gasteiger partial charge in [0.1, 0.15) is 12.1 Å². The maximum absolute atomic E-state index is 5.50. The number of aromatic nitrogens is 2. The molecule has 0 unspecified atom stereocenters. The Morgan fingerprint density at radius 2 is 2.38 bits per heavy atom. The fraction of sp³-hybridized carbons (Fsp3) is 0.500. The fourth-order valence-corrected chi connectivity index (χ4v) is 1.75. The molecule has 0 aliphatic carbocycles. The van der Waals surface area contributed by atoms with Gasteiger partial charge in [0.25, 0.3) is 0 Å². The summed E-state index contributed by atoms with van der Waals surface area (Å²) in [7, 11) is 0. The summed E-state index contributed by atoms with van der Waals surface area (Å²) in [5.41, 5.74) is 5.50. The van der Waals surface area contributed by atoms with Gasteiger partial charge < -0.3 is 10.6 Å². The van der Waals surface area contributed by atoms with Crippen LogP contribution >= 0.6 is 22.6 Å². The summed E-state index contributed by atoms with van der Waals surface area (Å²) < 4.78 is 1.07. The molecule has 0 atom stereocenters. The maximum atomic E-state index is 5.50.